The van der Waals surface area contributed by atoms with Gasteiger partial charge in [0.2, 0.25) is 0 Å². The number of carbonyl (C=O) groups is 1. The van der Waals surface area contributed by atoms with Crippen LogP contribution in [0.5, 0.6) is 0 Å². The van der Waals surface area contributed by atoms with Gasteiger partial charge in [-0.15, -0.1) is 0 Å². The first-order valence-electron chi connectivity index (χ1n) is 9.50. The Morgan fingerprint density at radius 3 is 2.06 bits per heavy atom. The Kier molecular flexibility index (Phi) is 7.09. The molecule has 0 aliphatic heterocycles. The summed E-state index contributed by atoms with van der Waals surface area (Å²) in [6.07, 6.45) is -5.32. The van der Waals surface area contributed by atoms with Crippen LogP contribution in [0.2, 0.25) is 0 Å². The van der Waals surface area contributed by atoms with Crippen molar-refractivity contribution in [3.63, 3.8) is 0 Å². The van der Waals surface area contributed by atoms with E-state index in [4.69, 9.17) is 4.74 Å². The SMILES string of the molecule is CC(C)(C)OC(=O)N[C@H]1c2ccccc2C=C[C@@H]1NCC(F)(F)C(F)(F)C(F)(F)C(F)(F)F. The summed E-state index contributed by atoms with van der Waals surface area (Å²) in [5.74, 6) is -19.5. The van der Waals surface area contributed by atoms with E-state index in [1.807, 2.05) is 5.32 Å². The molecule has 1 amide bonds. The number of nitrogens with one attached hydrogen (secondary N) is 2. The van der Waals surface area contributed by atoms with Gasteiger partial charge in [-0.05, 0) is 31.9 Å². The number of hydrogen-bond acceptors (Lipinski definition) is 3. The first kappa shape index (κ1) is 26.8. The van der Waals surface area contributed by atoms with Crippen LogP contribution in [0.1, 0.15) is 37.9 Å². The van der Waals surface area contributed by atoms with E-state index in [-0.39, 0.29) is 0 Å². The van der Waals surface area contributed by atoms with Crippen molar-refractivity contribution in [1.29, 1.82) is 0 Å². The molecular weight excluding hydrogens is 471 g/mol. The fourth-order valence-corrected chi connectivity index (χ4v) is 3.01. The van der Waals surface area contributed by atoms with E-state index in [9.17, 15) is 44.3 Å². The molecular formula is C20H21F9N2O2. The minimum Gasteiger partial charge on any atom is -0.444 e. The van der Waals surface area contributed by atoms with Crippen molar-refractivity contribution in [2.24, 2.45) is 0 Å². The molecule has 13 heteroatoms. The highest BCUT2D eigenvalue weighted by atomic mass is 19.4. The summed E-state index contributed by atoms with van der Waals surface area (Å²) < 4.78 is 123. The normalized spacial score (nSPS) is 19.8. The highest BCUT2D eigenvalue weighted by Crippen LogP contribution is 2.52. The molecule has 4 nitrogen and oxygen atoms in total. The molecule has 0 spiro atoms. The topological polar surface area (TPSA) is 50.4 Å². The number of carbonyl (C=O) groups excluding carboxylic acids is 1. The van der Waals surface area contributed by atoms with Gasteiger partial charge in [0.15, 0.2) is 0 Å². The lowest BCUT2D eigenvalue weighted by atomic mass is 9.89. The molecule has 0 bridgehead atoms. The van der Waals surface area contributed by atoms with Gasteiger partial charge >= 0.3 is 30.0 Å². The van der Waals surface area contributed by atoms with E-state index < -0.39 is 54.3 Å². The van der Waals surface area contributed by atoms with Crippen LogP contribution < -0.4 is 10.6 Å². The molecule has 0 aromatic heterocycles. The fourth-order valence-electron chi connectivity index (χ4n) is 3.01. The van der Waals surface area contributed by atoms with E-state index in [0.29, 0.717) is 11.1 Å². The number of alkyl carbamates (subject to hydrolysis) is 1. The highest BCUT2D eigenvalue weighted by molar-refractivity contribution is 5.70. The quantitative estimate of drug-likeness (QED) is 0.501. The molecule has 2 atom stereocenters. The molecule has 2 rings (SSSR count). The second kappa shape index (κ2) is 8.73. The molecule has 0 unspecified atom stereocenters. The van der Waals surface area contributed by atoms with Crippen LogP contribution in [-0.2, 0) is 4.74 Å². The van der Waals surface area contributed by atoms with Crippen molar-refractivity contribution in [2.75, 3.05) is 6.54 Å². The molecule has 0 saturated heterocycles. The average Bonchev–Trinajstić information content (AvgIpc) is 2.64. The summed E-state index contributed by atoms with van der Waals surface area (Å²) in [7, 11) is 0. The molecule has 1 aliphatic carbocycles. The molecule has 1 aliphatic rings. The smallest absolute Gasteiger partial charge is 0.444 e. The molecule has 0 saturated carbocycles. The Hall–Kier alpha value is -2.44. The van der Waals surface area contributed by atoms with Gasteiger partial charge in [0, 0.05) is 0 Å². The largest absolute Gasteiger partial charge is 0.460 e. The fraction of sp³-hybridized carbons (Fsp3) is 0.550. The van der Waals surface area contributed by atoms with Crippen molar-refractivity contribution in [1.82, 2.24) is 10.6 Å². The summed E-state index contributed by atoms with van der Waals surface area (Å²) >= 11 is 0. The zero-order valence-corrected chi connectivity index (χ0v) is 17.5. The van der Waals surface area contributed by atoms with E-state index in [0.717, 1.165) is 0 Å². The van der Waals surface area contributed by atoms with Crippen molar-refractivity contribution in [3.05, 3.63) is 41.5 Å². The van der Waals surface area contributed by atoms with Gasteiger partial charge in [0.25, 0.3) is 0 Å². The third-order valence-corrected chi connectivity index (χ3v) is 4.62. The van der Waals surface area contributed by atoms with Crippen molar-refractivity contribution < 1.29 is 49.0 Å². The number of benzene rings is 1. The van der Waals surface area contributed by atoms with E-state index in [2.05, 4.69) is 5.32 Å². The Balaban J connectivity index is 2.28. The Bertz CT molecular complexity index is 892. The highest BCUT2D eigenvalue weighted by Gasteiger charge is 2.81. The van der Waals surface area contributed by atoms with Crippen molar-refractivity contribution in [2.45, 2.75) is 62.4 Å². The minimum atomic E-state index is -6.98. The van der Waals surface area contributed by atoms with E-state index >= 15 is 0 Å². The summed E-state index contributed by atoms with van der Waals surface area (Å²) in [4.78, 5) is 12.2. The number of hydrogen-bond donors (Lipinski definition) is 2. The molecule has 186 valence electrons. The average molecular weight is 492 g/mol. The second-order valence-corrected chi connectivity index (χ2v) is 8.37. The van der Waals surface area contributed by atoms with Crippen LogP contribution in [0.4, 0.5) is 44.3 Å². The zero-order chi connectivity index (χ0) is 25.5. The summed E-state index contributed by atoms with van der Waals surface area (Å²) in [6, 6.07) is 3.68. The maximum absolute atomic E-state index is 14.0. The van der Waals surface area contributed by atoms with Crippen molar-refractivity contribution in [3.8, 4) is 0 Å². The van der Waals surface area contributed by atoms with Gasteiger partial charge in [-0.2, -0.15) is 39.5 Å². The standard InChI is InChI=1S/C20H21F9N2O2/c1-16(2,3)33-15(32)31-14-12-7-5-4-6-11(12)8-9-13(14)30-10-17(21,22)18(23,24)19(25,26)20(27,28)29/h4-9,13-14,30H,10H2,1-3H3,(H,31,32)/t13-,14-/m0/s1. The van der Waals surface area contributed by atoms with Crippen LogP contribution in [0.3, 0.4) is 0 Å². The third kappa shape index (κ3) is 5.56. The van der Waals surface area contributed by atoms with Gasteiger partial charge in [-0.3, -0.25) is 0 Å². The first-order chi connectivity index (χ1) is 14.8. The lowest BCUT2D eigenvalue weighted by Gasteiger charge is -2.36. The Labute approximate surface area is 183 Å². The predicted octanol–water partition coefficient (Wildman–Crippen LogP) is 5.71. The number of ether oxygens (including phenoxy) is 1. The lowest BCUT2D eigenvalue weighted by Crippen LogP contribution is -2.64. The maximum atomic E-state index is 14.0. The molecule has 1 aromatic rings. The molecule has 0 heterocycles. The molecule has 2 N–H and O–H groups in total. The van der Waals surface area contributed by atoms with Crippen LogP contribution in [0.15, 0.2) is 30.3 Å². The van der Waals surface area contributed by atoms with Gasteiger partial charge < -0.3 is 15.4 Å². The van der Waals surface area contributed by atoms with Gasteiger partial charge in [-0.1, -0.05) is 36.4 Å². The number of fused-ring (bicyclic) bond motifs is 1. The Morgan fingerprint density at radius 2 is 1.52 bits per heavy atom. The first-order valence-corrected chi connectivity index (χ1v) is 9.50. The van der Waals surface area contributed by atoms with Gasteiger partial charge in [0.1, 0.15) is 5.60 Å². The molecule has 33 heavy (non-hydrogen) atoms. The number of alkyl halides is 9. The summed E-state index contributed by atoms with van der Waals surface area (Å²) in [5, 5.41) is 4.24. The Morgan fingerprint density at radius 1 is 0.939 bits per heavy atom. The summed E-state index contributed by atoms with van der Waals surface area (Å²) in [5.41, 5.74) is -0.0775. The lowest BCUT2D eigenvalue weighted by molar-refractivity contribution is -0.394. The maximum Gasteiger partial charge on any atom is 0.460 e. The van der Waals surface area contributed by atoms with Crippen LogP contribution >= 0.6 is 0 Å². The predicted molar refractivity (Wildman–Crippen MR) is 100 cm³/mol. The molecule has 0 radical (unpaired) electrons. The third-order valence-electron chi connectivity index (χ3n) is 4.62. The van der Waals surface area contributed by atoms with E-state index in [1.165, 1.54) is 24.3 Å². The van der Waals surface area contributed by atoms with Gasteiger partial charge in [-0.25, -0.2) is 4.79 Å². The number of halogens is 9. The van der Waals surface area contributed by atoms with Crippen molar-refractivity contribution >= 4 is 12.2 Å². The number of amides is 1. The van der Waals surface area contributed by atoms with Crippen LogP contribution in [0.25, 0.3) is 6.08 Å². The zero-order valence-electron chi connectivity index (χ0n) is 17.5. The van der Waals surface area contributed by atoms with Gasteiger partial charge in [0.05, 0.1) is 18.6 Å². The molecule has 1 aromatic carbocycles. The van der Waals surface area contributed by atoms with Crippen LogP contribution in [0, 0.1) is 0 Å². The molecule has 0 fully saturated rings. The van der Waals surface area contributed by atoms with Crippen LogP contribution in [-0.4, -0.2) is 48.2 Å². The minimum absolute atomic E-state index is 0.346. The summed E-state index contributed by atoms with van der Waals surface area (Å²) in [6.45, 7) is 2.39. The number of rotatable bonds is 6. The van der Waals surface area contributed by atoms with E-state index in [1.54, 1.807) is 32.9 Å². The second-order valence-electron chi connectivity index (χ2n) is 8.37. The monoisotopic (exact) mass is 492 g/mol.